The second-order valence-electron chi connectivity index (χ2n) is 4.44. The number of methoxy groups -OCH3 is 1. The maximum absolute atomic E-state index is 11.7. The normalized spacial score (nSPS) is 19.1. The van der Waals surface area contributed by atoms with Gasteiger partial charge in [0.15, 0.2) is 0 Å². The molecule has 1 atom stereocenters. The van der Waals surface area contributed by atoms with Gasteiger partial charge in [0, 0.05) is 25.9 Å². The molecule has 0 bridgehead atoms. The second-order valence-corrected chi connectivity index (χ2v) is 4.44. The van der Waals surface area contributed by atoms with Gasteiger partial charge >= 0.3 is 0 Å². The summed E-state index contributed by atoms with van der Waals surface area (Å²) < 4.78 is 6.80. The van der Waals surface area contributed by atoms with Crippen molar-refractivity contribution in [2.45, 2.75) is 25.4 Å². The number of aromatic nitrogens is 2. The maximum atomic E-state index is 11.7. The molecule has 0 radical (unpaired) electrons. The van der Waals surface area contributed by atoms with Gasteiger partial charge in [-0.15, -0.1) is 0 Å². The minimum Gasteiger partial charge on any atom is -0.383 e. The number of carbonyl (C=O) groups is 1. The number of rotatable bonds is 6. The fourth-order valence-corrected chi connectivity index (χ4v) is 2.19. The number of imidazole rings is 1. The zero-order valence-corrected chi connectivity index (χ0v) is 10.7. The highest BCUT2D eigenvalue weighted by Gasteiger charge is 2.20. The summed E-state index contributed by atoms with van der Waals surface area (Å²) in [5.41, 5.74) is 1.09. The molecule has 1 saturated heterocycles. The Labute approximate surface area is 107 Å². The van der Waals surface area contributed by atoms with E-state index in [1.165, 1.54) is 6.42 Å². The molecule has 0 aromatic carbocycles. The highest BCUT2D eigenvalue weighted by atomic mass is 16.5. The quantitative estimate of drug-likeness (QED) is 0.703. The Kier molecular flexibility index (Phi) is 4.72. The zero-order chi connectivity index (χ0) is 12.8. The lowest BCUT2D eigenvalue weighted by atomic mass is 10.2. The highest BCUT2D eigenvalue weighted by Crippen LogP contribution is 2.22. The number of hydrogen-bond acceptors (Lipinski definition) is 4. The van der Waals surface area contributed by atoms with Crippen LogP contribution in [-0.2, 0) is 16.1 Å². The standard InChI is InChI=1S/C12H20N4O2/c1-18-6-5-15-12(17)8-16-9-13-7-11(16)10-3-2-4-14-10/h7,9-10,14H,2-6,8H2,1H3,(H,15,17)/t10-/m0/s1. The van der Waals surface area contributed by atoms with Crippen LogP contribution in [0.4, 0.5) is 0 Å². The van der Waals surface area contributed by atoms with Crippen LogP contribution in [0.1, 0.15) is 24.6 Å². The molecule has 6 heteroatoms. The van der Waals surface area contributed by atoms with E-state index in [0.29, 0.717) is 25.7 Å². The summed E-state index contributed by atoms with van der Waals surface area (Å²) >= 11 is 0. The van der Waals surface area contributed by atoms with Gasteiger partial charge in [0.2, 0.25) is 5.91 Å². The molecule has 1 aliphatic rings. The van der Waals surface area contributed by atoms with Crippen LogP contribution in [0.25, 0.3) is 0 Å². The van der Waals surface area contributed by atoms with Crippen LogP contribution in [0.15, 0.2) is 12.5 Å². The molecule has 2 rings (SSSR count). The predicted octanol–water partition coefficient (Wildman–Crippen LogP) is 0.0702. The molecule has 6 nitrogen and oxygen atoms in total. The molecule has 100 valence electrons. The summed E-state index contributed by atoms with van der Waals surface area (Å²) in [7, 11) is 1.62. The number of amides is 1. The number of nitrogens with zero attached hydrogens (tertiary/aromatic N) is 2. The summed E-state index contributed by atoms with van der Waals surface area (Å²) in [6.45, 7) is 2.43. The average molecular weight is 252 g/mol. The van der Waals surface area contributed by atoms with Crippen molar-refractivity contribution in [1.82, 2.24) is 20.2 Å². The highest BCUT2D eigenvalue weighted by molar-refractivity contribution is 5.75. The first-order valence-corrected chi connectivity index (χ1v) is 6.30. The smallest absolute Gasteiger partial charge is 0.240 e. The van der Waals surface area contributed by atoms with Crippen LogP contribution in [-0.4, -0.2) is 42.3 Å². The number of carbonyl (C=O) groups excluding carboxylic acids is 1. The maximum Gasteiger partial charge on any atom is 0.240 e. The van der Waals surface area contributed by atoms with Crippen LogP contribution >= 0.6 is 0 Å². The van der Waals surface area contributed by atoms with Crippen LogP contribution in [0, 0.1) is 0 Å². The molecule has 1 aromatic rings. The van der Waals surface area contributed by atoms with Crippen LogP contribution in [0.3, 0.4) is 0 Å². The van der Waals surface area contributed by atoms with E-state index in [9.17, 15) is 4.79 Å². The molecule has 0 saturated carbocycles. The molecular formula is C12H20N4O2. The van der Waals surface area contributed by atoms with Gasteiger partial charge in [0.25, 0.3) is 0 Å². The summed E-state index contributed by atoms with van der Waals surface area (Å²) in [6, 6.07) is 0.333. The third-order valence-electron chi connectivity index (χ3n) is 3.10. The molecule has 2 N–H and O–H groups in total. The van der Waals surface area contributed by atoms with Gasteiger partial charge in [-0.2, -0.15) is 0 Å². The molecule has 1 amide bonds. The molecule has 1 fully saturated rings. The monoisotopic (exact) mass is 252 g/mol. The Balaban J connectivity index is 1.88. The van der Waals surface area contributed by atoms with Crippen molar-refractivity contribution < 1.29 is 9.53 Å². The zero-order valence-electron chi connectivity index (χ0n) is 10.7. The van der Waals surface area contributed by atoms with E-state index in [4.69, 9.17) is 4.74 Å². The molecule has 0 spiro atoms. The van der Waals surface area contributed by atoms with Gasteiger partial charge in [0.1, 0.15) is 6.54 Å². The van der Waals surface area contributed by atoms with Gasteiger partial charge < -0.3 is 19.9 Å². The Morgan fingerprint density at radius 2 is 2.61 bits per heavy atom. The third-order valence-corrected chi connectivity index (χ3v) is 3.10. The van der Waals surface area contributed by atoms with Gasteiger partial charge in [0.05, 0.1) is 18.6 Å². The van der Waals surface area contributed by atoms with E-state index in [2.05, 4.69) is 15.6 Å². The fourth-order valence-electron chi connectivity index (χ4n) is 2.19. The Bertz CT molecular complexity index is 385. The summed E-state index contributed by atoms with van der Waals surface area (Å²) in [6.07, 6.45) is 5.84. The van der Waals surface area contributed by atoms with Crippen LogP contribution in [0.2, 0.25) is 0 Å². The minimum absolute atomic E-state index is 0.00991. The summed E-state index contributed by atoms with van der Waals surface area (Å²) in [5, 5.41) is 6.22. The first-order chi connectivity index (χ1) is 8.81. The van der Waals surface area contributed by atoms with Crippen molar-refractivity contribution in [3.63, 3.8) is 0 Å². The van der Waals surface area contributed by atoms with E-state index in [0.717, 1.165) is 18.7 Å². The van der Waals surface area contributed by atoms with Gasteiger partial charge in [-0.3, -0.25) is 4.79 Å². The third kappa shape index (κ3) is 3.30. The lowest BCUT2D eigenvalue weighted by molar-refractivity contribution is -0.121. The van der Waals surface area contributed by atoms with Crippen LogP contribution < -0.4 is 10.6 Å². The number of ether oxygens (including phenoxy) is 1. The van der Waals surface area contributed by atoms with E-state index in [-0.39, 0.29) is 5.91 Å². The number of hydrogen-bond donors (Lipinski definition) is 2. The number of nitrogens with one attached hydrogen (secondary N) is 2. The summed E-state index contributed by atoms with van der Waals surface area (Å²) in [4.78, 5) is 15.9. The van der Waals surface area contributed by atoms with E-state index < -0.39 is 0 Å². The lowest BCUT2D eigenvalue weighted by Crippen LogP contribution is -2.31. The van der Waals surface area contributed by atoms with Crippen LogP contribution in [0.5, 0.6) is 0 Å². The topological polar surface area (TPSA) is 68.2 Å². The second kappa shape index (κ2) is 6.51. The Hall–Kier alpha value is -1.40. The van der Waals surface area contributed by atoms with Crippen molar-refractivity contribution in [3.8, 4) is 0 Å². The lowest BCUT2D eigenvalue weighted by Gasteiger charge is -2.13. The van der Waals surface area contributed by atoms with E-state index in [1.54, 1.807) is 13.4 Å². The van der Waals surface area contributed by atoms with Gasteiger partial charge in [-0.05, 0) is 19.4 Å². The Morgan fingerprint density at radius 1 is 1.72 bits per heavy atom. The predicted molar refractivity (Wildman–Crippen MR) is 67.1 cm³/mol. The molecule has 18 heavy (non-hydrogen) atoms. The molecule has 2 heterocycles. The average Bonchev–Trinajstić information content (AvgIpc) is 2.99. The Morgan fingerprint density at radius 3 is 3.33 bits per heavy atom. The van der Waals surface area contributed by atoms with E-state index >= 15 is 0 Å². The van der Waals surface area contributed by atoms with Crippen molar-refractivity contribution in [2.75, 3.05) is 26.8 Å². The van der Waals surface area contributed by atoms with E-state index in [1.807, 2.05) is 10.8 Å². The van der Waals surface area contributed by atoms with Gasteiger partial charge in [-0.1, -0.05) is 0 Å². The first kappa shape index (κ1) is 13.0. The summed E-state index contributed by atoms with van der Waals surface area (Å²) in [5.74, 6) is -0.00991. The fraction of sp³-hybridized carbons (Fsp3) is 0.667. The SMILES string of the molecule is COCCNC(=O)Cn1cncc1[C@@H]1CCCN1. The molecule has 1 aromatic heterocycles. The van der Waals surface area contributed by atoms with Gasteiger partial charge in [-0.25, -0.2) is 4.98 Å². The molecule has 0 unspecified atom stereocenters. The molecule has 0 aliphatic carbocycles. The van der Waals surface area contributed by atoms with Crippen molar-refractivity contribution >= 4 is 5.91 Å². The van der Waals surface area contributed by atoms with Crippen molar-refractivity contribution in [2.24, 2.45) is 0 Å². The van der Waals surface area contributed by atoms with Crippen molar-refractivity contribution in [3.05, 3.63) is 18.2 Å². The molecular weight excluding hydrogens is 232 g/mol. The molecule has 1 aliphatic heterocycles. The largest absolute Gasteiger partial charge is 0.383 e. The first-order valence-electron chi connectivity index (χ1n) is 6.30. The van der Waals surface area contributed by atoms with Crippen molar-refractivity contribution in [1.29, 1.82) is 0 Å². The minimum atomic E-state index is -0.00991.